The van der Waals surface area contributed by atoms with Crippen molar-refractivity contribution in [1.29, 1.82) is 0 Å². The SMILES string of the molecule is NCc1nnnn1-c1ccc(Cc2ccncc2)cc1. The van der Waals surface area contributed by atoms with Crippen molar-refractivity contribution in [1.82, 2.24) is 25.2 Å². The number of aromatic nitrogens is 5. The van der Waals surface area contributed by atoms with E-state index in [2.05, 4.69) is 32.6 Å². The van der Waals surface area contributed by atoms with Gasteiger partial charge in [0, 0.05) is 12.4 Å². The van der Waals surface area contributed by atoms with Crippen molar-refractivity contribution in [2.75, 3.05) is 0 Å². The first-order valence-electron chi connectivity index (χ1n) is 6.32. The third-order valence-corrected chi connectivity index (χ3v) is 3.06. The van der Waals surface area contributed by atoms with Gasteiger partial charge in [-0.1, -0.05) is 12.1 Å². The van der Waals surface area contributed by atoms with Crippen molar-refractivity contribution in [3.05, 3.63) is 65.7 Å². The van der Waals surface area contributed by atoms with Gasteiger partial charge in [-0.2, -0.15) is 4.68 Å². The maximum Gasteiger partial charge on any atom is 0.170 e. The summed E-state index contributed by atoms with van der Waals surface area (Å²) in [7, 11) is 0. The molecule has 3 aromatic rings. The molecule has 2 N–H and O–H groups in total. The summed E-state index contributed by atoms with van der Waals surface area (Å²) in [5.41, 5.74) is 8.96. The Hall–Kier alpha value is -2.60. The van der Waals surface area contributed by atoms with Crippen LogP contribution in [-0.2, 0) is 13.0 Å². The Morgan fingerprint density at radius 3 is 2.35 bits per heavy atom. The lowest BCUT2D eigenvalue weighted by Crippen LogP contribution is -2.08. The fourth-order valence-electron chi connectivity index (χ4n) is 2.02. The van der Waals surface area contributed by atoms with E-state index in [9.17, 15) is 0 Å². The Balaban J connectivity index is 1.81. The van der Waals surface area contributed by atoms with Gasteiger partial charge >= 0.3 is 0 Å². The van der Waals surface area contributed by atoms with Gasteiger partial charge in [-0.25, -0.2) is 0 Å². The van der Waals surface area contributed by atoms with E-state index in [-0.39, 0.29) is 0 Å². The maximum atomic E-state index is 5.60. The van der Waals surface area contributed by atoms with Crippen LogP contribution in [-0.4, -0.2) is 25.2 Å². The minimum Gasteiger partial charge on any atom is -0.324 e. The zero-order chi connectivity index (χ0) is 13.8. The quantitative estimate of drug-likeness (QED) is 0.764. The van der Waals surface area contributed by atoms with Gasteiger partial charge in [0.15, 0.2) is 5.82 Å². The third-order valence-electron chi connectivity index (χ3n) is 3.06. The first-order valence-corrected chi connectivity index (χ1v) is 6.32. The summed E-state index contributed by atoms with van der Waals surface area (Å²) in [6, 6.07) is 12.1. The van der Waals surface area contributed by atoms with Gasteiger partial charge in [0.1, 0.15) is 0 Å². The first kappa shape index (κ1) is 12.4. The molecule has 0 atom stereocenters. The van der Waals surface area contributed by atoms with E-state index < -0.39 is 0 Å². The van der Waals surface area contributed by atoms with E-state index in [0.29, 0.717) is 12.4 Å². The summed E-state index contributed by atoms with van der Waals surface area (Å²) in [6.45, 7) is 0.311. The highest BCUT2D eigenvalue weighted by Crippen LogP contribution is 2.13. The van der Waals surface area contributed by atoms with Gasteiger partial charge in [0.2, 0.25) is 0 Å². The molecule has 100 valence electrons. The molecule has 3 rings (SSSR count). The molecule has 0 aliphatic heterocycles. The summed E-state index contributed by atoms with van der Waals surface area (Å²) < 4.78 is 1.65. The maximum absolute atomic E-state index is 5.60. The van der Waals surface area contributed by atoms with Crippen molar-refractivity contribution >= 4 is 0 Å². The first-order chi connectivity index (χ1) is 9.86. The molecule has 0 radical (unpaired) electrons. The zero-order valence-electron chi connectivity index (χ0n) is 10.8. The minimum absolute atomic E-state index is 0.311. The van der Waals surface area contributed by atoms with E-state index in [1.165, 1.54) is 11.1 Å². The van der Waals surface area contributed by atoms with Crippen LogP contribution in [0, 0.1) is 0 Å². The van der Waals surface area contributed by atoms with Gasteiger partial charge in [0.05, 0.1) is 12.2 Å². The van der Waals surface area contributed by atoms with Gasteiger partial charge in [-0.15, -0.1) is 5.10 Å². The lowest BCUT2D eigenvalue weighted by molar-refractivity contribution is 0.761. The Bertz CT molecular complexity index is 674. The molecule has 0 saturated heterocycles. The number of pyridine rings is 1. The predicted octanol–water partition coefficient (Wildman–Crippen LogP) is 1.11. The largest absolute Gasteiger partial charge is 0.324 e. The van der Waals surface area contributed by atoms with Gasteiger partial charge < -0.3 is 5.73 Å². The highest BCUT2D eigenvalue weighted by molar-refractivity contribution is 5.36. The van der Waals surface area contributed by atoms with E-state index in [0.717, 1.165) is 12.1 Å². The molecule has 0 aliphatic carbocycles. The van der Waals surface area contributed by atoms with Crippen LogP contribution in [0.4, 0.5) is 0 Å². The standard InChI is InChI=1S/C14H14N6/c15-10-14-17-18-19-20(14)13-3-1-11(2-4-13)9-12-5-7-16-8-6-12/h1-8H,9-10,15H2. The predicted molar refractivity (Wildman–Crippen MR) is 74.1 cm³/mol. The van der Waals surface area contributed by atoms with E-state index in [1.807, 2.05) is 24.3 Å². The highest BCUT2D eigenvalue weighted by atomic mass is 15.5. The number of tetrazole rings is 1. The smallest absolute Gasteiger partial charge is 0.170 e. The van der Waals surface area contributed by atoms with Crippen LogP contribution in [0.15, 0.2) is 48.8 Å². The lowest BCUT2D eigenvalue weighted by Gasteiger charge is -2.05. The second kappa shape index (κ2) is 5.58. The van der Waals surface area contributed by atoms with Crippen LogP contribution in [0.2, 0.25) is 0 Å². The number of benzene rings is 1. The molecule has 0 bridgehead atoms. The highest BCUT2D eigenvalue weighted by Gasteiger charge is 2.06. The number of nitrogens with zero attached hydrogens (tertiary/aromatic N) is 5. The molecule has 0 aliphatic rings. The Kier molecular flexibility index (Phi) is 3.47. The molecule has 0 amide bonds. The molecule has 0 spiro atoms. The normalized spacial score (nSPS) is 10.7. The second-order valence-electron chi connectivity index (χ2n) is 4.41. The summed E-state index contributed by atoms with van der Waals surface area (Å²) >= 11 is 0. The summed E-state index contributed by atoms with van der Waals surface area (Å²) in [5, 5.41) is 11.4. The summed E-state index contributed by atoms with van der Waals surface area (Å²) in [6.07, 6.45) is 4.48. The van der Waals surface area contributed by atoms with Crippen LogP contribution >= 0.6 is 0 Å². The Morgan fingerprint density at radius 2 is 1.65 bits per heavy atom. The average molecular weight is 266 g/mol. The molecule has 1 aromatic carbocycles. The van der Waals surface area contributed by atoms with E-state index >= 15 is 0 Å². The van der Waals surface area contributed by atoms with Crippen LogP contribution in [0.5, 0.6) is 0 Å². The molecular weight excluding hydrogens is 252 g/mol. The third kappa shape index (κ3) is 2.55. The van der Waals surface area contributed by atoms with Gasteiger partial charge in [0.25, 0.3) is 0 Å². The van der Waals surface area contributed by atoms with Crippen molar-refractivity contribution in [3.8, 4) is 5.69 Å². The number of hydrogen-bond acceptors (Lipinski definition) is 5. The van der Waals surface area contributed by atoms with Crippen molar-refractivity contribution in [3.63, 3.8) is 0 Å². The number of nitrogens with two attached hydrogens (primary N) is 1. The van der Waals surface area contributed by atoms with E-state index in [1.54, 1.807) is 17.1 Å². The van der Waals surface area contributed by atoms with Gasteiger partial charge in [-0.3, -0.25) is 4.98 Å². The number of rotatable bonds is 4. The monoisotopic (exact) mass is 266 g/mol. The van der Waals surface area contributed by atoms with E-state index in [4.69, 9.17) is 5.73 Å². The molecule has 2 heterocycles. The van der Waals surface area contributed by atoms with Crippen molar-refractivity contribution in [2.24, 2.45) is 5.73 Å². The molecule has 6 nitrogen and oxygen atoms in total. The lowest BCUT2D eigenvalue weighted by atomic mass is 10.1. The van der Waals surface area contributed by atoms with Crippen LogP contribution in [0.1, 0.15) is 17.0 Å². The molecule has 6 heteroatoms. The van der Waals surface area contributed by atoms with Crippen LogP contribution < -0.4 is 5.73 Å². The molecule has 2 aromatic heterocycles. The Morgan fingerprint density at radius 1 is 0.950 bits per heavy atom. The minimum atomic E-state index is 0.311. The average Bonchev–Trinajstić information content (AvgIpc) is 2.98. The van der Waals surface area contributed by atoms with Gasteiger partial charge in [-0.05, 0) is 52.2 Å². The Labute approximate surface area is 116 Å². The molecule has 0 fully saturated rings. The van der Waals surface area contributed by atoms with Crippen LogP contribution in [0.3, 0.4) is 0 Å². The summed E-state index contributed by atoms with van der Waals surface area (Å²) in [4.78, 5) is 4.02. The number of hydrogen-bond donors (Lipinski definition) is 1. The van der Waals surface area contributed by atoms with Crippen molar-refractivity contribution < 1.29 is 0 Å². The molecular formula is C14H14N6. The topological polar surface area (TPSA) is 82.5 Å². The second-order valence-corrected chi connectivity index (χ2v) is 4.41. The molecule has 0 saturated carbocycles. The summed E-state index contributed by atoms with van der Waals surface area (Å²) in [5.74, 6) is 0.645. The molecule has 0 unspecified atom stereocenters. The van der Waals surface area contributed by atoms with Crippen LogP contribution in [0.25, 0.3) is 5.69 Å². The van der Waals surface area contributed by atoms with Crippen molar-refractivity contribution in [2.45, 2.75) is 13.0 Å². The zero-order valence-corrected chi connectivity index (χ0v) is 10.8. The fraction of sp³-hybridized carbons (Fsp3) is 0.143. The molecule has 20 heavy (non-hydrogen) atoms. The fourth-order valence-corrected chi connectivity index (χ4v) is 2.02.